The fraction of sp³-hybridized carbons (Fsp3) is 0.111. The van der Waals surface area contributed by atoms with Crippen molar-refractivity contribution in [3.8, 4) is 34.1 Å². The SMILES string of the molecule is C=C(C)C(=O)Oc1ccc(/C=C/c2cc(OC(=O)C(=C)C)c(-c3ccc(OC(=O)C(=C)C)cc3)cc2OC(=O)C(=C)C)cc1. The van der Waals surface area contributed by atoms with Crippen molar-refractivity contribution in [1.82, 2.24) is 0 Å². The van der Waals surface area contributed by atoms with E-state index in [1.165, 1.54) is 13.8 Å². The molecule has 0 heterocycles. The molecule has 0 aliphatic rings. The minimum absolute atomic E-state index is 0.168. The fourth-order valence-electron chi connectivity index (χ4n) is 3.40. The summed E-state index contributed by atoms with van der Waals surface area (Å²) < 4.78 is 21.8. The third-order valence-corrected chi connectivity index (χ3v) is 5.83. The Bertz CT molecular complexity index is 1700. The Hall–Kier alpha value is -5.76. The molecule has 44 heavy (non-hydrogen) atoms. The van der Waals surface area contributed by atoms with Crippen LogP contribution in [0, 0.1) is 0 Å². The predicted molar refractivity (Wildman–Crippen MR) is 169 cm³/mol. The van der Waals surface area contributed by atoms with E-state index in [2.05, 4.69) is 26.3 Å². The Morgan fingerprint density at radius 3 is 1.39 bits per heavy atom. The molecule has 8 nitrogen and oxygen atoms in total. The van der Waals surface area contributed by atoms with Gasteiger partial charge in [-0.05, 0) is 75.2 Å². The van der Waals surface area contributed by atoms with Crippen LogP contribution in [0.3, 0.4) is 0 Å². The summed E-state index contributed by atoms with van der Waals surface area (Å²) in [5.41, 5.74) is 3.04. The van der Waals surface area contributed by atoms with E-state index in [1.54, 1.807) is 86.7 Å². The molecule has 0 unspecified atom stereocenters. The smallest absolute Gasteiger partial charge is 0.338 e. The Kier molecular flexibility index (Phi) is 10.7. The zero-order valence-electron chi connectivity index (χ0n) is 25.0. The summed E-state index contributed by atoms with van der Waals surface area (Å²) in [6.07, 6.45) is 3.42. The number of carbonyl (C=O) groups excluding carboxylic acids is 4. The lowest BCUT2D eigenvalue weighted by Gasteiger charge is -2.16. The molecule has 8 heteroatoms. The van der Waals surface area contributed by atoms with Gasteiger partial charge in [0.05, 0.1) is 0 Å². The monoisotopic (exact) mass is 592 g/mol. The highest BCUT2D eigenvalue weighted by atomic mass is 16.5. The number of ether oxygens (including phenoxy) is 4. The standard InChI is InChI=1S/C36H32O8/c1-21(2)33(37)41-28-15-10-25(11-16-28)9-12-27-19-32(44-36(40)24(7)8)30(20-31(27)43-35(39)23(5)6)26-13-17-29(18-14-26)42-34(38)22(3)4/h9-20H,1,3,5,7H2,2,4,6,8H3/b12-9+. The van der Waals surface area contributed by atoms with E-state index in [-0.39, 0.29) is 39.5 Å². The fourth-order valence-corrected chi connectivity index (χ4v) is 3.40. The van der Waals surface area contributed by atoms with Gasteiger partial charge in [0, 0.05) is 33.4 Å². The molecule has 0 saturated heterocycles. The summed E-state index contributed by atoms with van der Waals surface area (Å²) in [5.74, 6) is -1.42. The van der Waals surface area contributed by atoms with Crippen molar-refractivity contribution in [2.45, 2.75) is 27.7 Å². The van der Waals surface area contributed by atoms with Gasteiger partial charge >= 0.3 is 23.9 Å². The first-order valence-corrected chi connectivity index (χ1v) is 13.3. The Balaban J connectivity index is 2.08. The molecule has 0 atom stereocenters. The Labute approximate surface area is 256 Å². The van der Waals surface area contributed by atoms with Crippen molar-refractivity contribution in [2.24, 2.45) is 0 Å². The van der Waals surface area contributed by atoms with E-state index < -0.39 is 23.9 Å². The average Bonchev–Trinajstić information content (AvgIpc) is 2.97. The Morgan fingerprint density at radius 1 is 0.523 bits per heavy atom. The van der Waals surface area contributed by atoms with Gasteiger partial charge in [-0.2, -0.15) is 0 Å². The van der Waals surface area contributed by atoms with E-state index in [0.717, 1.165) is 5.56 Å². The second-order valence-electron chi connectivity index (χ2n) is 9.99. The first-order chi connectivity index (χ1) is 20.7. The summed E-state index contributed by atoms with van der Waals surface area (Å²) in [6, 6.07) is 16.3. The Morgan fingerprint density at radius 2 is 0.932 bits per heavy atom. The molecule has 0 N–H and O–H groups in total. The highest BCUT2D eigenvalue weighted by molar-refractivity contribution is 5.93. The number of carbonyl (C=O) groups is 4. The van der Waals surface area contributed by atoms with Gasteiger partial charge < -0.3 is 18.9 Å². The molecule has 0 amide bonds. The summed E-state index contributed by atoms with van der Waals surface area (Å²) in [5, 5.41) is 0. The van der Waals surface area contributed by atoms with Crippen LogP contribution in [-0.4, -0.2) is 23.9 Å². The van der Waals surface area contributed by atoms with E-state index in [1.807, 2.05) is 0 Å². The number of hydrogen-bond donors (Lipinski definition) is 0. The van der Waals surface area contributed by atoms with Crippen LogP contribution in [0.4, 0.5) is 0 Å². The van der Waals surface area contributed by atoms with Crippen molar-refractivity contribution < 1.29 is 38.1 Å². The molecule has 3 rings (SSSR count). The van der Waals surface area contributed by atoms with Gasteiger partial charge in [0.1, 0.15) is 23.0 Å². The molecule has 0 radical (unpaired) electrons. The van der Waals surface area contributed by atoms with Crippen LogP contribution in [0.2, 0.25) is 0 Å². The minimum atomic E-state index is -0.653. The van der Waals surface area contributed by atoms with Gasteiger partial charge in [0.2, 0.25) is 0 Å². The molecular formula is C36H32O8. The molecule has 0 fully saturated rings. The summed E-state index contributed by atoms with van der Waals surface area (Å²) in [7, 11) is 0. The van der Waals surface area contributed by atoms with Crippen LogP contribution in [0.5, 0.6) is 23.0 Å². The number of hydrogen-bond acceptors (Lipinski definition) is 8. The predicted octanol–water partition coefficient (Wildman–Crippen LogP) is 7.45. The first-order valence-electron chi connectivity index (χ1n) is 13.3. The average molecular weight is 593 g/mol. The van der Waals surface area contributed by atoms with Crippen molar-refractivity contribution >= 4 is 36.0 Å². The lowest BCUT2D eigenvalue weighted by molar-refractivity contribution is -0.131. The lowest BCUT2D eigenvalue weighted by Crippen LogP contribution is -2.11. The topological polar surface area (TPSA) is 105 Å². The van der Waals surface area contributed by atoms with E-state index in [0.29, 0.717) is 22.4 Å². The van der Waals surface area contributed by atoms with Crippen molar-refractivity contribution in [3.05, 3.63) is 120 Å². The van der Waals surface area contributed by atoms with Crippen LogP contribution in [0.25, 0.3) is 23.3 Å². The highest BCUT2D eigenvalue weighted by Gasteiger charge is 2.19. The number of esters is 4. The first kappa shape index (κ1) is 32.8. The minimum Gasteiger partial charge on any atom is -0.423 e. The zero-order valence-corrected chi connectivity index (χ0v) is 25.0. The number of rotatable bonds is 11. The largest absolute Gasteiger partial charge is 0.423 e. The van der Waals surface area contributed by atoms with Crippen LogP contribution < -0.4 is 18.9 Å². The summed E-state index contributed by atoms with van der Waals surface area (Å²) >= 11 is 0. The summed E-state index contributed by atoms with van der Waals surface area (Å²) in [6.45, 7) is 20.6. The van der Waals surface area contributed by atoms with Gasteiger partial charge in [-0.25, -0.2) is 19.2 Å². The molecule has 0 bridgehead atoms. The molecule has 224 valence electrons. The molecule has 3 aromatic carbocycles. The van der Waals surface area contributed by atoms with Crippen LogP contribution in [-0.2, 0) is 19.2 Å². The zero-order chi connectivity index (χ0) is 32.6. The highest BCUT2D eigenvalue weighted by Crippen LogP contribution is 2.38. The molecule has 0 saturated carbocycles. The molecular weight excluding hydrogens is 560 g/mol. The van der Waals surface area contributed by atoms with Crippen LogP contribution in [0.1, 0.15) is 38.8 Å². The number of benzene rings is 3. The third kappa shape index (κ3) is 8.87. The van der Waals surface area contributed by atoms with Gasteiger partial charge in [0.15, 0.2) is 0 Å². The molecule has 0 aromatic heterocycles. The van der Waals surface area contributed by atoms with Crippen molar-refractivity contribution in [1.29, 1.82) is 0 Å². The third-order valence-electron chi connectivity index (χ3n) is 5.83. The van der Waals surface area contributed by atoms with Gasteiger partial charge in [-0.1, -0.05) is 62.7 Å². The maximum atomic E-state index is 12.6. The molecule has 0 aliphatic carbocycles. The van der Waals surface area contributed by atoms with Crippen molar-refractivity contribution in [2.75, 3.05) is 0 Å². The van der Waals surface area contributed by atoms with E-state index in [4.69, 9.17) is 18.9 Å². The second-order valence-corrected chi connectivity index (χ2v) is 9.99. The normalized spacial score (nSPS) is 10.5. The van der Waals surface area contributed by atoms with E-state index in [9.17, 15) is 19.2 Å². The second kappa shape index (κ2) is 14.4. The molecule has 3 aromatic rings. The van der Waals surface area contributed by atoms with Crippen molar-refractivity contribution in [3.63, 3.8) is 0 Å². The molecule has 0 spiro atoms. The van der Waals surface area contributed by atoms with Gasteiger partial charge in [-0.3, -0.25) is 0 Å². The quantitative estimate of drug-likeness (QED) is 0.0979. The summed E-state index contributed by atoms with van der Waals surface area (Å²) in [4.78, 5) is 48.9. The van der Waals surface area contributed by atoms with Gasteiger partial charge in [0.25, 0.3) is 0 Å². The molecule has 0 aliphatic heterocycles. The van der Waals surface area contributed by atoms with Gasteiger partial charge in [-0.15, -0.1) is 0 Å². The maximum absolute atomic E-state index is 12.6. The lowest BCUT2D eigenvalue weighted by atomic mass is 10.0. The maximum Gasteiger partial charge on any atom is 0.338 e. The van der Waals surface area contributed by atoms with Crippen LogP contribution in [0.15, 0.2) is 109 Å². The van der Waals surface area contributed by atoms with Crippen LogP contribution >= 0.6 is 0 Å². The van der Waals surface area contributed by atoms with E-state index >= 15 is 0 Å².